The molecule has 1 aromatic rings. The van der Waals surface area contributed by atoms with Gasteiger partial charge < -0.3 is 5.32 Å². The zero-order chi connectivity index (χ0) is 12.3. The van der Waals surface area contributed by atoms with Crippen molar-refractivity contribution < 1.29 is 0 Å². The highest BCUT2D eigenvalue weighted by Crippen LogP contribution is 2.26. The van der Waals surface area contributed by atoms with Crippen LogP contribution in [0, 0.1) is 0 Å². The molecule has 1 saturated carbocycles. The summed E-state index contributed by atoms with van der Waals surface area (Å²) in [5.41, 5.74) is 1.27. The molecular weight excluding hydrogens is 230 g/mol. The molecular formula is C13H23N3S. The molecule has 0 radical (unpaired) electrons. The molecule has 3 nitrogen and oxygen atoms in total. The lowest BCUT2D eigenvalue weighted by Crippen LogP contribution is -2.31. The van der Waals surface area contributed by atoms with Crippen LogP contribution in [0.5, 0.6) is 0 Å². The number of rotatable bonds is 3. The third kappa shape index (κ3) is 3.49. The van der Waals surface area contributed by atoms with Crippen LogP contribution in [-0.2, 0) is 12.0 Å². The number of nitrogens with one attached hydrogen (secondary N) is 1. The molecule has 0 aromatic carbocycles. The zero-order valence-electron chi connectivity index (χ0n) is 11.1. The first-order chi connectivity index (χ1) is 8.07. The van der Waals surface area contributed by atoms with Crippen molar-refractivity contribution in [3.63, 3.8) is 0 Å². The number of nitrogens with zero attached hydrogens (tertiary/aromatic N) is 2. The molecule has 17 heavy (non-hydrogen) atoms. The van der Waals surface area contributed by atoms with E-state index in [1.807, 2.05) is 0 Å². The second-order valence-corrected chi connectivity index (χ2v) is 6.85. The maximum atomic E-state index is 4.28. The van der Waals surface area contributed by atoms with Crippen molar-refractivity contribution in [1.29, 1.82) is 0 Å². The average Bonchev–Trinajstić information content (AvgIpc) is 2.75. The SMILES string of the molecule is CC(C)(C)c1nnsc1CNC1CCCCC1. The zero-order valence-corrected chi connectivity index (χ0v) is 11.9. The third-order valence-electron chi connectivity index (χ3n) is 3.42. The van der Waals surface area contributed by atoms with Crippen LogP contribution < -0.4 is 5.32 Å². The van der Waals surface area contributed by atoms with Gasteiger partial charge >= 0.3 is 0 Å². The maximum absolute atomic E-state index is 4.28. The second kappa shape index (κ2) is 5.44. The standard InChI is InChI=1S/C13H23N3S/c1-13(2,3)12-11(17-16-15-12)9-14-10-7-5-4-6-8-10/h10,14H,4-9H2,1-3H3. The van der Waals surface area contributed by atoms with Gasteiger partial charge in [-0.05, 0) is 24.4 Å². The van der Waals surface area contributed by atoms with Gasteiger partial charge in [0.15, 0.2) is 0 Å². The van der Waals surface area contributed by atoms with Crippen LogP contribution in [-0.4, -0.2) is 15.6 Å². The first-order valence-electron chi connectivity index (χ1n) is 6.62. The quantitative estimate of drug-likeness (QED) is 0.898. The summed E-state index contributed by atoms with van der Waals surface area (Å²) in [5.74, 6) is 0. The topological polar surface area (TPSA) is 37.8 Å². The highest BCUT2D eigenvalue weighted by Gasteiger charge is 2.22. The minimum atomic E-state index is 0.108. The molecule has 0 spiro atoms. The number of hydrogen-bond acceptors (Lipinski definition) is 4. The monoisotopic (exact) mass is 253 g/mol. The lowest BCUT2D eigenvalue weighted by atomic mass is 9.91. The first-order valence-corrected chi connectivity index (χ1v) is 7.40. The second-order valence-electron chi connectivity index (χ2n) is 6.01. The van der Waals surface area contributed by atoms with E-state index in [4.69, 9.17) is 0 Å². The molecule has 1 fully saturated rings. The summed E-state index contributed by atoms with van der Waals surface area (Å²) >= 11 is 1.54. The molecule has 2 rings (SSSR count). The van der Waals surface area contributed by atoms with E-state index in [1.165, 1.54) is 37.0 Å². The molecule has 0 unspecified atom stereocenters. The fourth-order valence-electron chi connectivity index (χ4n) is 2.44. The van der Waals surface area contributed by atoms with Crippen molar-refractivity contribution in [3.05, 3.63) is 10.6 Å². The van der Waals surface area contributed by atoms with E-state index in [-0.39, 0.29) is 5.41 Å². The van der Waals surface area contributed by atoms with Gasteiger partial charge in [0.1, 0.15) is 0 Å². The highest BCUT2D eigenvalue weighted by atomic mass is 32.1. The van der Waals surface area contributed by atoms with E-state index in [0.717, 1.165) is 12.2 Å². The van der Waals surface area contributed by atoms with Crippen molar-refractivity contribution in [2.75, 3.05) is 0 Å². The van der Waals surface area contributed by atoms with Crippen LogP contribution in [0.15, 0.2) is 0 Å². The lowest BCUT2D eigenvalue weighted by Gasteiger charge is -2.23. The Morgan fingerprint density at radius 3 is 2.59 bits per heavy atom. The number of hydrogen-bond donors (Lipinski definition) is 1. The van der Waals surface area contributed by atoms with Crippen LogP contribution in [0.1, 0.15) is 63.4 Å². The predicted molar refractivity (Wildman–Crippen MR) is 72.3 cm³/mol. The van der Waals surface area contributed by atoms with Gasteiger partial charge in [-0.25, -0.2) is 0 Å². The molecule has 0 aliphatic heterocycles. The first kappa shape index (κ1) is 13.0. The molecule has 1 aromatic heterocycles. The van der Waals surface area contributed by atoms with Crippen molar-refractivity contribution in [2.24, 2.45) is 0 Å². The molecule has 0 saturated heterocycles. The third-order valence-corrected chi connectivity index (χ3v) is 4.14. The molecule has 0 amide bonds. The van der Waals surface area contributed by atoms with Gasteiger partial charge in [0.05, 0.1) is 10.6 Å². The van der Waals surface area contributed by atoms with Gasteiger partial charge in [-0.2, -0.15) is 0 Å². The maximum Gasteiger partial charge on any atom is 0.0854 e. The molecule has 4 heteroatoms. The van der Waals surface area contributed by atoms with E-state index >= 15 is 0 Å². The average molecular weight is 253 g/mol. The molecule has 1 N–H and O–H groups in total. The summed E-state index contributed by atoms with van der Waals surface area (Å²) in [6.07, 6.45) is 6.83. The van der Waals surface area contributed by atoms with Gasteiger partial charge in [0.2, 0.25) is 0 Å². The largest absolute Gasteiger partial charge is 0.309 e. The Bertz CT molecular complexity index is 348. The lowest BCUT2D eigenvalue weighted by molar-refractivity contribution is 0.372. The summed E-state index contributed by atoms with van der Waals surface area (Å²) in [6, 6.07) is 0.707. The smallest absolute Gasteiger partial charge is 0.0854 e. The van der Waals surface area contributed by atoms with Crippen LogP contribution >= 0.6 is 11.5 Å². The minimum Gasteiger partial charge on any atom is -0.309 e. The van der Waals surface area contributed by atoms with Crippen LogP contribution in [0.25, 0.3) is 0 Å². The van der Waals surface area contributed by atoms with Gasteiger partial charge in [-0.1, -0.05) is 44.5 Å². The van der Waals surface area contributed by atoms with Crippen molar-refractivity contribution in [1.82, 2.24) is 14.9 Å². The van der Waals surface area contributed by atoms with Gasteiger partial charge in [-0.3, -0.25) is 0 Å². The van der Waals surface area contributed by atoms with Crippen LogP contribution in [0.2, 0.25) is 0 Å². The van der Waals surface area contributed by atoms with E-state index in [1.54, 1.807) is 11.5 Å². The van der Waals surface area contributed by atoms with Gasteiger partial charge in [-0.15, -0.1) is 5.10 Å². The van der Waals surface area contributed by atoms with Crippen LogP contribution in [0.4, 0.5) is 0 Å². The van der Waals surface area contributed by atoms with Crippen molar-refractivity contribution in [2.45, 2.75) is 70.9 Å². The molecule has 96 valence electrons. The van der Waals surface area contributed by atoms with E-state index < -0.39 is 0 Å². The Morgan fingerprint density at radius 1 is 1.24 bits per heavy atom. The fraction of sp³-hybridized carbons (Fsp3) is 0.846. The summed E-state index contributed by atoms with van der Waals surface area (Å²) in [5, 5.41) is 7.95. The molecule has 1 aliphatic carbocycles. The Kier molecular flexibility index (Phi) is 4.15. The fourth-order valence-corrected chi connectivity index (χ4v) is 3.24. The minimum absolute atomic E-state index is 0.108. The summed E-state index contributed by atoms with van der Waals surface area (Å²) in [6.45, 7) is 7.55. The Labute approximate surface area is 108 Å². The number of aromatic nitrogens is 2. The molecule has 0 atom stereocenters. The van der Waals surface area contributed by atoms with Crippen molar-refractivity contribution >= 4 is 11.5 Å². The summed E-state index contributed by atoms with van der Waals surface area (Å²) in [7, 11) is 0. The normalized spacial score (nSPS) is 18.5. The molecule has 1 heterocycles. The van der Waals surface area contributed by atoms with E-state index in [9.17, 15) is 0 Å². The Balaban J connectivity index is 1.92. The Morgan fingerprint density at radius 2 is 1.94 bits per heavy atom. The van der Waals surface area contributed by atoms with E-state index in [2.05, 4.69) is 35.7 Å². The molecule has 0 bridgehead atoms. The van der Waals surface area contributed by atoms with Crippen LogP contribution in [0.3, 0.4) is 0 Å². The highest BCUT2D eigenvalue weighted by molar-refractivity contribution is 7.05. The molecule has 1 aliphatic rings. The summed E-state index contributed by atoms with van der Waals surface area (Å²) in [4.78, 5) is 1.31. The van der Waals surface area contributed by atoms with Gasteiger partial charge in [0, 0.05) is 18.0 Å². The summed E-state index contributed by atoms with van der Waals surface area (Å²) < 4.78 is 4.10. The van der Waals surface area contributed by atoms with Gasteiger partial charge in [0.25, 0.3) is 0 Å². The predicted octanol–water partition coefficient (Wildman–Crippen LogP) is 3.26. The Hall–Kier alpha value is -0.480. The van der Waals surface area contributed by atoms with E-state index in [0.29, 0.717) is 6.04 Å². The van der Waals surface area contributed by atoms with Crippen molar-refractivity contribution in [3.8, 4) is 0 Å².